The lowest BCUT2D eigenvalue weighted by Gasteiger charge is -2.20. The van der Waals surface area contributed by atoms with Crippen LogP contribution in [0.1, 0.15) is 35.3 Å². The number of Topliss-reactive ketones (excluding diaryl/α,β-unsaturated/α-hetero) is 1. The van der Waals surface area contributed by atoms with Gasteiger partial charge in [-0.15, -0.1) is 0 Å². The fourth-order valence-electron chi connectivity index (χ4n) is 3.26. The number of ketones is 1. The smallest absolute Gasteiger partial charge is 0.262 e. The molecule has 2 aromatic rings. The lowest BCUT2D eigenvalue weighted by molar-refractivity contribution is -0.135. The molecule has 0 bridgehead atoms. The topological polar surface area (TPSA) is 55.8 Å². The summed E-state index contributed by atoms with van der Waals surface area (Å²) in [4.78, 5) is 26.2. The monoisotopic (exact) mass is 379 g/mol. The molecule has 0 saturated heterocycles. The molecule has 0 unspecified atom stereocenters. The molecule has 1 aliphatic rings. The first-order valence-corrected chi connectivity index (χ1v) is 9.38. The second-order valence-corrected chi connectivity index (χ2v) is 6.96. The SMILES string of the molecule is CCOc1cc(/C=C2\Cc3ccccc3C2=O)ccc1O[C@H](C)C(=O)N(C)C. The number of carbonyl (C=O) groups excluding carboxylic acids is 2. The molecule has 146 valence electrons. The van der Waals surface area contributed by atoms with Gasteiger partial charge in [-0.05, 0) is 43.2 Å². The number of benzene rings is 2. The van der Waals surface area contributed by atoms with Gasteiger partial charge in [0, 0.05) is 31.7 Å². The van der Waals surface area contributed by atoms with Crippen molar-refractivity contribution in [3.8, 4) is 11.5 Å². The van der Waals surface area contributed by atoms with Gasteiger partial charge < -0.3 is 14.4 Å². The molecule has 0 heterocycles. The van der Waals surface area contributed by atoms with Gasteiger partial charge in [0.05, 0.1) is 6.61 Å². The number of likely N-dealkylation sites (N-methyl/N-ethyl adjacent to an activating group) is 1. The number of rotatable bonds is 6. The second kappa shape index (κ2) is 8.30. The predicted octanol–water partition coefficient (Wildman–Crippen LogP) is 3.76. The van der Waals surface area contributed by atoms with Crippen LogP contribution < -0.4 is 9.47 Å². The minimum atomic E-state index is -0.621. The lowest BCUT2D eigenvalue weighted by atomic mass is 10.1. The Balaban J connectivity index is 1.85. The maximum absolute atomic E-state index is 12.6. The second-order valence-electron chi connectivity index (χ2n) is 6.96. The summed E-state index contributed by atoms with van der Waals surface area (Å²) < 4.78 is 11.5. The maximum Gasteiger partial charge on any atom is 0.262 e. The number of ether oxygens (including phenoxy) is 2. The quantitative estimate of drug-likeness (QED) is 0.717. The van der Waals surface area contributed by atoms with E-state index in [1.807, 2.05) is 49.4 Å². The molecule has 2 aromatic carbocycles. The highest BCUT2D eigenvalue weighted by atomic mass is 16.5. The van der Waals surface area contributed by atoms with Crippen LogP contribution in [0.25, 0.3) is 6.08 Å². The summed E-state index contributed by atoms with van der Waals surface area (Å²) in [6.07, 6.45) is 1.90. The van der Waals surface area contributed by atoms with Gasteiger partial charge in [0.15, 0.2) is 23.4 Å². The Labute approximate surface area is 165 Å². The summed E-state index contributed by atoms with van der Waals surface area (Å²) in [5, 5.41) is 0. The fraction of sp³-hybridized carbons (Fsp3) is 0.304. The van der Waals surface area contributed by atoms with E-state index in [-0.39, 0.29) is 11.7 Å². The highest BCUT2D eigenvalue weighted by Gasteiger charge is 2.24. The zero-order chi connectivity index (χ0) is 20.3. The predicted molar refractivity (Wildman–Crippen MR) is 109 cm³/mol. The van der Waals surface area contributed by atoms with E-state index in [0.29, 0.717) is 24.5 Å². The Kier molecular flexibility index (Phi) is 5.83. The molecule has 0 N–H and O–H groups in total. The van der Waals surface area contributed by atoms with Crippen LogP contribution >= 0.6 is 0 Å². The number of allylic oxidation sites excluding steroid dienone is 1. The van der Waals surface area contributed by atoms with Crippen molar-refractivity contribution in [2.75, 3.05) is 20.7 Å². The Hall–Kier alpha value is -3.08. The number of amides is 1. The van der Waals surface area contributed by atoms with Crippen molar-refractivity contribution in [2.45, 2.75) is 26.4 Å². The summed E-state index contributed by atoms with van der Waals surface area (Å²) in [6.45, 7) is 4.07. The first kappa shape index (κ1) is 19.7. The summed E-state index contributed by atoms with van der Waals surface area (Å²) in [5.41, 5.74) is 3.45. The van der Waals surface area contributed by atoms with Gasteiger partial charge in [0.1, 0.15) is 0 Å². The number of hydrogen-bond acceptors (Lipinski definition) is 4. The minimum absolute atomic E-state index is 0.0686. The normalized spacial score (nSPS) is 15.3. The molecular weight excluding hydrogens is 354 g/mol. The van der Waals surface area contributed by atoms with E-state index in [4.69, 9.17) is 9.47 Å². The highest BCUT2D eigenvalue weighted by Crippen LogP contribution is 2.32. The summed E-state index contributed by atoms with van der Waals surface area (Å²) >= 11 is 0. The molecule has 1 aliphatic carbocycles. The van der Waals surface area contributed by atoms with E-state index >= 15 is 0 Å². The molecule has 28 heavy (non-hydrogen) atoms. The van der Waals surface area contributed by atoms with Gasteiger partial charge in [-0.1, -0.05) is 30.3 Å². The molecule has 5 nitrogen and oxygen atoms in total. The third kappa shape index (κ3) is 4.09. The molecule has 1 atom stereocenters. The van der Waals surface area contributed by atoms with Crippen molar-refractivity contribution in [2.24, 2.45) is 0 Å². The van der Waals surface area contributed by atoms with Crippen molar-refractivity contribution in [3.63, 3.8) is 0 Å². The Bertz CT molecular complexity index is 930. The van der Waals surface area contributed by atoms with E-state index in [0.717, 1.165) is 22.3 Å². The number of carbonyl (C=O) groups is 2. The van der Waals surface area contributed by atoms with E-state index < -0.39 is 6.10 Å². The molecule has 0 spiro atoms. The van der Waals surface area contributed by atoms with Crippen molar-refractivity contribution in [1.29, 1.82) is 0 Å². The van der Waals surface area contributed by atoms with Crippen LogP contribution in [0, 0.1) is 0 Å². The Morgan fingerprint density at radius 3 is 2.61 bits per heavy atom. The number of hydrogen-bond donors (Lipinski definition) is 0. The molecule has 0 radical (unpaired) electrons. The highest BCUT2D eigenvalue weighted by molar-refractivity contribution is 6.15. The van der Waals surface area contributed by atoms with Gasteiger partial charge in [0.2, 0.25) is 0 Å². The number of nitrogens with zero attached hydrogens (tertiary/aromatic N) is 1. The van der Waals surface area contributed by atoms with Crippen LogP contribution in [0.4, 0.5) is 0 Å². The Morgan fingerprint density at radius 2 is 1.93 bits per heavy atom. The summed E-state index contributed by atoms with van der Waals surface area (Å²) in [6, 6.07) is 13.2. The van der Waals surface area contributed by atoms with E-state index in [1.165, 1.54) is 4.90 Å². The largest absolute Gasteiger partial charge is 0.490 e. The summed E-state index contributed by atoms with van der Waals surface area (Å²) in [5.74, 6) is 1.01. The van der Waals surface area contributed by atoms with E-state index in [2.05, 4.69) is 0 Å². The van der Waals surface area contributed by atoms with Crippen LogP contribution in [-0.4, -0.2) is 43.4 Å². The minimum Gasteiger partial charge on any atom is -0.490 e. The van der Waals surface area contributed by atoms with Crippen molar-refractivity contribution >= 4 is 17.8 Å². The van der Waals surface area contributed by atoms with Crippen LogP contribution in [0.15, 0.2) is 48.0 Å². The van der Waals surface area contributed by atoms with E-state index in [1.54, 1.807) is 27.1 Å². The van der Waals surface area contributed by atoms with E-state index in [9.17, 15) is 9.59 Å². The van der Waals surface area contributed by atoms with Crippen LogP contribution in [0.3, 0.4) is 0 Å². The first-order valence-electron chi connectivity index (χ1n) is 9.38. The lowest BCUT2D eigenvalue weighted by Crippen LogP contribution is -2.35. The van der Waals surface area contributed by atoms with Crippen molar-refractivity contribution < 1.29 is 19.1 Å². The van der Waals surface area contributed by atoms with Gasteiger partial charge in [-0.2, -0.15) is 0 Å². The van der Waals surface area contributed by atoms with Gasteiger partial charge in [-0.3, -0.25) is 9.59 Å². The van der Waals surface area contributed by atoms with Gasteiger partial charge >= 0.3 is 0 Å². The Morgan fingerprint density at radius 1 is 1.18 bits per heavy atom. The third-order valence-electron chi connectivity index (χ3n) is 4.64. The zero-order valence-electron chi connectivity index (χ0n) is 16.7. The molecule has 0 aromatic heterocycles. The average molecular weight is 379 g/mol. The molecule has 3 rings (SSSR count). The zero-order valence-corrected chi connectivity index (χ0v) is 16.7. The van der Waals surface area contributed by atoms with Crippen molar-refractivity contribution in [3.05, 3.63) is 64.7 Å². The molecule has 5 heteroatoms. The van der Waals surface area contributed by atoms with Gasteiger partial charge in [0.25, 0.3) is 5.91 Å². The molecule has 0 fully saturated rings. The average Bonchev–Trinajstić information content (AvgIpc) is 2.99. The van der Waals surface area contributed by atoms with Crippen LogP contribution in [0.5, 0.6) is 11.5 Å². The standard InChI is InChI=1S/C23H25NO4/c1-5-27-21-13-16(10-11-20(21)28-15(2)23(26)24(3)4)12-18-14-17-8-6-7-9-19(17)22(18)25/h6-13,15H,5,14H2,1-4H3/b18-12+/t15-/m1/s1. The fourth-order valence-corrected chi connectivity index (χ4v) is 3.26. The first-order chi connectivity index (χ1) is 13.4. The molecule has 0 saturated carbocycles. The summed E-state index contributed by atoms with van der Waals surface area (Å²) in [7, 11) is 3.38. The van der Waals surface area contributed by atoms with Crippen molar-refractivity contribution in [1.82, 2.24) is 4.90 Å². The molecular formula is C23H25NO4. The maximum atomic E-state index is 12.6. The third-order valence-corrected chi connectivity index (χ3v) is 4.64. The van der Waals surface area contributed by atoms with Gasteiger partial charge in [-0.25, -0.2) is 0 Å². The number of fused-ring (bicyclic) bond motifs is 1. The van der Waals surface area contributed by atoms with Crippen LogP contribution in [0.2, 0.25) is 0 Å². The molecule has 1 amide bonds. The van der Waals surface area contributed by atoms with Crippen LogP contribution in [-0.2, 0) is 11.2 Å². The molecule has 0 aliphatic heterocycles.